The molecule has 58 heavy (non-hydrogen) atoms. The van der Waals surface area contributed by atoms with Crippen molar-refractivity contribution in [2.75, 3.05) is 52.4 Å². The number of benzene rings is 2. The van der Waals surface area contributed by atoms with Crippen molar-refractivity contribution in [3.63, 3.8) is 0 Å². The fourth-order valence-corrected chi connectivity index (χ4v) is 12.8. The minimum atomic E-state index is -4.97. The molecule has 0 aromatic heterocycles. The maximum atomic E-state index is 13.2. The largest absolute Gasteiger partial charge is 0.573 e. The van der Waals surface area contributed by atoms with Gasteiger partial charge in [0.25, 0.3) is 0 Å². The Morgan fingerprint density at radius 3 is 1.55 bits per heavy atom. The summed E-state index contributed by atoms with van der Waals surface area (Å²) in [5, 5.41) is 0. The van der Waals surface area contributed by atoms with Gasteiger partial charge in [-0.05, 0) is 126 Å². The summed E-state index contributed by atoms with van der Waals surface area (Å²) >= 11 is 3.06. The average Bonchev–Trinajstić information content (AvgIpc) is 3.15. The second-order valence-electron chi connectivity index (χ2n) is 16.3. The normalized spacial score (nSPS) is 22.8. The van der Waals surface area contributed by atoms with Gasteiger partial charge >= 0.3 is 6.36 Å². The summed E-state index contributed by atoms with van der Waals surface area (Å²) in [6.45, 7) is 27.0. The molecule has 0 saturated carbocycles. The third kappa shape index (κ3) is 13.6. The number of piperidine rings is 4. The predicted octanol–water partition coefficient (Wildman–Crippen LogP) is 10.0. The maximum absolute atomic E-state index is 13.2. The van der Waals surface area contributed by atoms with Crippen LogP contribution in [0.1, 0.15) is 110 Å². The third-order valence-corrected chi connectivity index (χ3v) is 16.2. The summed E-state index contributed by atoms with van der Waals surface area (Å²) in [5.74, 6) is 1.51. The van der Waals surface area contributed by atoms with E-state index >= 15 is 0 Å². The molecule has 0 radical (unpaired) electrons. The Bertz CT molecular complexity index is 1780. The van der Waals surface area contributed by atoms with Crippen molar-refractivity contribution in [2.24, 2.45) is 17.8 Å². The minimum Gasteiger partial charge on any atom is -0.404 e. The highest BCUT2D eigenvalue weighted by Crippen LogP contribution is 2.36. The van der Waals surface area contributed by atoms with Crippen molar-refractivity contribution < 1.29 is 34.7 Å². The van der Waals surface area contributed by atoms with Gasteiger partial charge in [0.05, 0.1) is 4.90 Å². The lowest BCUT2D eigenvalue weighted by Gasteiger charge is -2.43. The molecular weight excluding hydrogens is 854 g/mol. The molecule has 2 aromatic rings. The number of alkyl halides is 3. The van der Waals surface area contributed by atoms with Crippen molar-refractivity contribution in [3.05, 3.63) is 51.5 Å². The molecule has 4 heterocycles. The molecule has 0 N–H and O–H groups in total. The first-order chi connectivity index (χ1) is 27.2. The topological polar surface area (TPSA) is 90.5 Å². The third-order valence-electron chi connectivity index (χ3n) is 11.5. The summed E-state index contributed by atoms with van der Waals surface area (Å²) in [6, 6.07) is 8.40. The van der Waals surface area contributed by atoms with E-state index in [4.69, 9.17) is 0 Å². The molecule has 6 rings (SSSR count). The molecule has 0 spiro atoms. The molecule has 0 amide bonds. The Kier molecular flexibility index (Phi) is 19.5. The second-order valence-corrected chi connectivity index (χ2v) is 21.0. The molecule has 4 saturated heterocycles. The van der Waals surface area contributed by atoms with Crippen molar-refractivity contribution in [1.82, 2.24) is 18.4 Å². The van der Waals surface area contributed by atoms with Gasteiger partial charge in [0.2, 0.25) is 20.0 Å². The van der Waals surface area contributed by atoms with Crippen LogP contribution in [-0.2, 0) is 20.0 Å². The average molecular weight is 924 g/mol. The fourth-order valence-electron chi connectivity index (χ4n) is 9.04. The quantitative estimate of drug-likeness (QED) is 0.273. The lowest BCUT2D eigenvalue weighted by Crippen LogP contribution is -2.50. The molecule has 4 aliphatic heterocycles. The number of sulfonamides is 2. The lowest BCUT2D eigenvalue weighted by atomic mass is 9.89. The standard InChI is InChI=1S/C21H34N2O2S.C18H24BrF3N2O3S.2C2H6/c1-15-11-18(4)21(19(5)12-15)26(24,25)23-8-6-20(7-9-23)22-13-16(2)10-17(3)14-22;1-13-4-8-23(9-5-13)15-6-10-24(11-7-15)28(25,26)17-3-2-14(19)12-16(17)27-18(20,21)22;2*1-2/h11-12,16-17,20H,6-10,13-14H2,1-5H3;2-3,12-13,15H,4-11H2,1H3;2*1-2H3. The molecule has 4 fully saturated rings. The SMILES string of the molecule is CC.CC.CC1CCN(C2CCN(S(=O)(=O)c3ccc(Br)cc3OC(F)(F)F)CC2)CC1.Cc1cc(C)c(S(=O)(=O)N2CCC(N3CC(C)CC(C)C3)CC2)c(C)c1. The molecule has 9 nitrogen and oxygen atoms in total. The van der Waals surface area contributed by atoms with E-state index in [1.165, 1.54) is 16.8 Å². The monoisotopic (exact) mass is 922 g/mol. The van der Waals surface area contributed by atoms with Crippen LogP contribution in [0.5, 0.6) is 5.75 Å². The summed E-state index contributed by atoms with van der Waals surface area (Å²) in [7, 11) is -7.48. The predicted molar refractivity (Wildman–Crippen MR) is 232 cm³/mol. The summed E-state index contributed by atoms with van der Waals surface area (Å²) < 4.78 is 97.9. The molecule has 2 aromatic carbocycles. The fraction of sp³-hybridized carbons (Fsp3) is 0.721. The van der Waals surface area contributed by atoms with E-state index in [-0.39, 0.29) is 0 Å². The van der Waals surface area contributed by atoms with Gasteiger partial charge < -0.3 is 9.64 Å². The van der Waals surface area contributed by atoms with E-state index in [1.54, 1.807) is 4.31 Å². The first kappa shape index (κ1) is 50.6. The lowest BCUT2D eigenvalue weighted by molar-refractivity contribution is -0.275. The number of hydrogen-bond acceptors (Lipinski definition) is 7. The Morgan fingerprint density at radius 2 is 1.09 bits per heavy atom. The first-order valence-corrected chi connectivity index (χ1v) is 25.0. The van der Waals surface area contributed by atoms with Crippen LogP contribution >= 0.6 is 15.9 Å². The van der Waals surface area contributed by atoms with Gasteiger partial charge in [-0.1, -0.05) is 82.1 Å². The molecule has 15 heteroatoms. The molecule has 4 aliphatic rings. The number of nitrogens with zero attached hydrogens (tertiary/aromatic N) is 4. The van der Waals surface area contributed by atoms with Crippen LogP contribution in [0.3, 0.4) is 0 Å². The van der Waals surface area contributed by atoms with Crippen LogP contribution in [0.25, 0.3) is 0 Å². The highest BCUT2D eigenvalue weighted by Gasteiger charge is 2.38. The number of likely N-dealkylation sites (tertiary alicyclic amines) is 2. The number of hydrogen-bond donors (Lipinski definition) is 0. The van der Waals surface area contributed by atoms with E-state index in [1.807, 2.05) is 60.6 Å². The second kappa shape index (κ2) is 22.4. The highest BCUT2D eigenvalue weighted by atomic mass is 79.9. The van der Waals surface area contributed by atoms with Crippen LogP contribution in [0.15, 0.2) is 44.6 Å². The van der Waals surface area contributed by atoms with E-state index in [0.29, 0.717) is 60.5 Å². The van der Waals surface area contributed by atoms with Crippen LogP contribution < -0.4 is 4.74 Å². The van der Waals surface area contributed by atoms with Gasteiger partial charge in [0, 0.05) is 55.8 Å². The molecule has 0 aliphatic carbocycles. The van der Waals surface area contributed by atoms with Gasteiger partial charge in [-0.3, -0.25) is 4.90 Å². The Hall–Kier alpha value is -1.75. The zero-order chi connectivity index (χ0) is 43.6. The van der Waals surface area contributed by atoms with Gasteiger partial charge in [0.15, 0.2) is 5.75 Å². The van der Waals surface area contributed by atoms with Gasteiger partial charge in [-0.25, -0.2) is 16.8 Å². The Labute approximate surface area is 357 Å². The zero-order valence-corrected chi connectivity index (χ0v) is 39.8. The summed E-state index contributed by atoms with van der Waals surface area (Å²) in [6.07, 6.45) is 1.90. The van der Waals surface area contributed by atoms with Crippen molar-refractivity contribution >= 4 is 36.0 Å². The number of rotatable bonds is 7. The van der Waals surface area contributed by atoms with Crippen molar-refractivity contribution in [3.8, 4) is 5.75 Å². The number of halogens is 4. The molecular formula is C43H70BrF3N4O5S2. The summed E-state index contributed by atoms with van der Waals surface area (Å²) in [4.78, 5) is 5.09. The van der Waals surface area contributed by atoms with Gasteiger partial charge in [-0.2, -0.15) is 8.61 Å². The Balaban J connectivity index is 0.000000287. The number of aryl methyl sites for hydroxylation is 3. The molecule has 332 valence electrons. The van der Waals surface area contributed by atoms with Crippen molar-refractivity contribution in [1.29, 1.82) is 0 Å². The zero-order valence-electron chi connectivity index (χ0n) is 36.5. The molecule has 2 unspecified atom stereocenters. The van der Waals surface area contributed by atoms with Gasteiger partial charge in [0.1, 0.15) is 4.90 Å². The Morgan fingerprint density at radius 1 is 0.638 bits per heavy atom. The smallest absolute Gasteiger partial charge is 0.404 e. The van der Waals surface area contributed by atoms with Gasteiger partial charge in [-0.15, -0.1) is 13.2 Å². The van der Waals surface area contributed by atoms with Crippen LogP contribution in [0.2, 0.25) is 0 Å². The first-order valence-electron chi connectivity index (χ1n) is 21.4. The van der Waals surface area contributed by atoms with E-state index in [0.717, 1.165) is 98.4 Å². The van der Waals surface area contributed by atoms with Crippen molar-refractivity contribution in [2.45, 2.75) is 142 Å². The van der Waals surface area contributed by atoms with E-state index in [2.05, 4.69) is 51.2 Å². The molecule has 2 atom stereocenters. The minimum absolute atomic E-state index is 0.292. The van der Waals surface area contributed by atoms with Crippen LogP contribution in [0.4, 0.5) is 13.2 Å². The van der Waals surface area contributed by atoms with Crippen LogP contribution in [0, 0.1) is 38.5 Å². The van der Waals surface area contributed by atoms with E-state index in [9.17, 15) is 30.0 Å². The highest BCUT2D eigenvalue weighted by molar-refractivity contribution is 9.10. The molecule has 0 bridgehead atoms. The van der Waals surface area contributed by atoms with E-state index < -0.39 is 37.1 Å². The number of ether oxygens (including phenoxy) is 1. The maximum Gasteiger partial charge on any atom is 0.573 e. The summed E-state index contributed by atoms with van der Waals surface area (Å²) in [5.41, 5.74) is 2.85. The van der Waals surface area contributed by atoms with Crippen LogP contribution in [-0.4, -0.2) is 106 Å².